The molecule has 0 bridgehead atoms. The van der Waals surface area contributed by atoms with Gasteiger partial charge in [-0.1, -0.05) is 12.1 Å². The van der Waals surface area contributed by atoms with Crippen LogP contribution in [0.2, 0.25) is 0 Å². The maximum absolute atomic E-state index is 13.1. The van der Waals surface area contributed by atoms with Crippen LogP contribution < -0.4 is 5.32 Å². The summed E-state index contributed by atoms with van der Waals surface area (Å²) in [6.45, 7) is 6.03. The summed E-state index contributed by atoms with van der Waals surface area (Å²) >= 11 is 1.60. The van der Waals surface area contributed by atoms with Crippen molar-refractivity contribution in [3.05, 3.63) is 65.4 Å². The number of hydrogen-bond donors (Lipinski definition) is 1. The van der Waals surface area contributed by atoms with E-state index >= 15 is 0 Å². The van der Waals surface area contributed by atoms with Crippen molar-refractivity contribution in [3.63, 3.8) is 0 Å². The zero-order chi connectivity index (χ0) is 19.7. The van der Waals surface area contributed by atoms with Gasteiger partial charge in [-0.15, -0.1) is 11.3 Å². The van der Waals surface area contributed by atoms with Crippen LogP contribution in [0.4, 0.5) is 0 Å². The molecule has 1 amide bonds. The summed E-state index contributed by atoms with van der Waals surface area (Å²) in [6, 6.07) is 11.5. The van der Waals surface area contributed by atoms with Crippen LogP contribution in [0.15, 0.2) is 54.2 Å². The molecule has 142 valence electrons. The first-order chi connectivity index (χ1) is 13.5. The van der Waals surface area contributed by atoms with Crippen LogP contribution in [0.3, 0.4) is 0 Å². The first-order valence-corrected chi connectivity index (χ1v) is 10.1. The van der Waals surface area contributed by atoms with Gasteiger partial charge >= 0.3 is 0 Å². The second-order valence-corrected chi connectivity index (χ2v) is 7.85. The summed E-state index contributed by atoms with van der Waals surface area (Å²) in [4.78, 5) is 23.3. The van der Waals surface area contributed by atoms with E-state index in [2.05, 4.69) is 29.2 Å². The minimum atomic E-state index is -0.206. The Morgan fingerprint density at radius 1 is 1.18 bits per heavy atom. The number of nitrogens with one attached hydrogen (secondary N) is 1. The highest BCUT2D eigenvalue weighted by molar-refractivity contribution is 7.13. The largest absolute Gasteiger partial charge is 0.344 e. The molecule has 0 aliphatic carbocycles. The fraction of sp³-hybridized carbons (Fsp3) is 0.238. The molecule has 0 aliphatic heterocycles. The Labute approximate surface area is 167 Å². The molecule has 0 aromatic carbocycles. The second kappa shape index (κ2) is 7.52. The average molecular weight is 392 g/mol. The molecule has 0 radical (unpaired) electrons. The zero-order valence-electron chi connectivity index (χ0n) is 16.0. The number of pyridine rings is 2. The maximum atomic E-state index is 13.1. The van der Waals surface area contributed by atoms with Crippen LogP contribution in [0, 0.1) is 0 Å². The van der Waals surface area contributed by atoms with Gasteiger partial charge in [-0.3, -0.25) is 9.78 Å². The molecule has 4 aromatic rings. The maximum Gasteiger partial charge on any atom is 0.252 e. The second-order valence-electron chi connectivity index (χ2n) is 6.90. The zero-order valence-corrected chi connectivity index (χ0v) is 16.8. The highest BCUT2D eigenvalue weighted by Crippen LogP contribution is 2.29. The molecule has 1 N–H and O–H groups in total. The van der Waals surface area contributed by atoms with E-state index in [0.29, 0.717) is 5.56 Å². The number of nitrogens with zero attached hydrogens (tertiary/aromatic N) is 4. The number of rotatable bonds is 5. The van der Waals surface area contributed by atoms with Gasteiger partial charge in [-0.2, -0.15) is 5.10 Å². The highest BCUT2D eigenvalue weighted by Gasteiger charge is 2.20. The molecule has 28 heavy (non-hydrogen) atoms. The van der Waals surface area contributed by atoms with Crippen LogP contribution in [-0.4, -0.2) is 25.7 Å². The van der Waals surface area contributed by atoms with E-state index in [1.807, 2.05) is 53.4 Å². The van der Waals surface area contributed by atoms with Crippen molar-refractivity contribution < 1.29 is 4.79 Å². The standard InChI is InChI=1S/C21H21N5OS/c1-13(2)26-20-16(12-23-26)15(11-18(25-20)19-8-6-10-28-19)21(27)24-14(3)17-7-4-5-9-22-17/h4-14H,1-3H3,(H,24,27)/t14-/m0/s1. The van der Waals surface area contributed by atoms with Crippen molar-refractivity contribution in [2.75, 3.05) is 0 Å². The Morgan fingerprint density at radius 2 is 2.04 bits per heavy atom. The Kier molecular flexibility index (Phi) is 4.92. The molecule has 7 heteroatoms. The van der Waals surface area contributed by atoms with Crippen molar-refractivity contribution in [1.29, 1.82) is 0 Å². The SMILES string of the molecule is CC(C)n1ncc2c(C(=O)N[C@@H](C)c3ccccn3)cc(-c3cccs3)nc21. The van der Waals surface area contributed by atoms with Gasteiger partial charge in [-0.05, 0) is 50.4 Å². The van der Waals surface area contributed by atoms with Gasteiger partial charge in [0.1, 0.15) is 0 Å². The summed E-state index contributed by atoms with van der Waals surface area (Å²) in [5.74, 6) is -0.160. The molecule has 0 unspecified atom stereocenters. The lowest BCUT2D eigenvalue weighted by Crippen LogP contribution is -2.27. The molecule has 4 rings (SSSR count). The average Bonchev–Trinajstić information content (AvgIpc) is 3.37. The first-order valence-electron chi connectivity index (χ1n) is 9.18. The van der Waals surface area contributed by atoms with Gasteiger partial charge in [0.25, 0.3) is 5.91 Å². The highest BCUT2D eigenvalue weighted by atomic mass is 32.1. The third-order valence-corrected chi connectivity index (χ3v) is 5.45. The summed E-state index contributed by atoms with van der Waals surface area (Å²) in [7, 11) is 0. The summed E-state index contributed by atoms with van der Waals surface area (Å²) in [5, 5.41) is 10.3. The van der Waals surface area contributed by atoms with Crippen LogP contribution in [0.5, 0.6) is 0 Å². The van der Waals surface area contributed by atoms with Crippen LogP contribution in [0.1, 0.15) is 48.9 Å². The fourth-order valence-corrected chi connectivity index (χ4v) is 3.80. The lowest BCUT2D eigenvalue weighted by molar-refractivity contribution is 0.0940. The number of carbonyl (C=O) groups excluding carboxylic acids is 1. The van der Waals surface area contributed by atoms with Crippen LogP contribution in [0.25, 0.3) is 21.6 Å². The van der Waals surface area contributed by atoms with Crippen LogP contribution in [-0.2, 0) is 0 Å². The van der Waals surface area contributed by atoms with Crippen LogP contribution >= 0.6 is 11.3 Å². The Hall–Kier alpha value is -3.06. The monoisotopic (exact) mass is 391 g/mol. The lowest BCUT2D eigenvalue weighted by Gasteiger charge is -2.14. The van der Waals surface area contributed by atoms with E-state index in [1.54, 1.807) is 23.7 Å². The molecule has 4 heterocycles. The van der Waals surface area contributed by atoms with Crippen molar-refractivity contribution in [3.8, 4) is 10.6 Å². The van der Waals surface area contributed by atoms with E-state index in [4.69, 9.17) is 4.98 Å². The Bertz CT molecular complexity index is 1100. The van der Waals surface area contributed by atoms with Gasteiger partial charge in [-0.25, -0.2) is 9.67 Å². The first kappa shape index (κ1) is 18.3. The fourth-order valence-electron chi connectivity index (χ4n) is 3.11. The molecule has 0 spiro atoms. The van der Waals surface area contributed by atoms with Crippen molar-refractivity contribution in [2.45, 2.75) is 32.9 Å². The van der Waals surface area contributed by atoms with E-state index < -0.39 is 0 Å². The van der Waals surface area contributed by atoms with Gasteiger partial charge in [0.15, 0.2) is 5.65 Å². The molecular weight excluding hydrogens is 370 g/mol. The predicted octanol–water partition coefficient (Wildman–Crippen LogP) is 4.63. The third kappa shape index (κ3) is 3.41. The van der Waals surface area contributed by atoms with E-state index in [0.717, 1.165) is 27.3 Å². The molecule has 0 fully saturated rings. The Balaban J connectivity index is 1.77. The third-order valence-electron chi connectivity index (χ3n) is 4.55. The number of amides is 1. The molecule has 0 saturated heterocycles. The van der Waals surface area contributed by atoms with Gasteiger partial charge in [0.2, 0.25) is 0 Å². The smallest absolute Gasteiger partial charge is 0.252 e. The topological polar surface area (TPSA) is 72.7 Å². The molecule has 4 aromatic heterocycles. The number of aromatic nitrogens is 4. The molecule has 1 atom stereocenters. The van der Waals surface area contributed by atoms with E-state index in [-0.39, 0.29) is 18.0 Å². The van der Waals surface area contributed by atoms with Gasteiger partial charge in [0, 0.05) is 12.2 Å². The summed E-state index contributed by atoms with van der Waals surface area (Å²) < 4.78 is 1.85. The number of hydrogen-bond acceptors (Lipinski definition) is 5. The molecule has 0 saturated carbocycles. The van der Waals surface area contributed by atoms with Gasteiger partial charge in [0.05, 0.1) is 39.5 Å². The molecule has 0 aliphatic rings. The van der Waals surface area contributed by atoms with E-state index in [9.17, 15) is 4.79 Å². The van der Waals surface area contributed by atoms with Crippen molar-refractivity contribution in [1.82, 2.24) is 25.1 Å². The number of fused-ring (bicyclic) bond motifs is 1. The van der Waals surface area contributed by atoms with E-state index in [1.165, 1.54) is 0 Å². The minimum absolute atomic E-state index is 0.145. The summed E-state index contributed by atoms with van der Waals surface area (Å²) in [5.41, 5.74) is 2.89. The molecule has 6 nitrogen and oxygen atoms in total. The van der Waals surface area contributed by atoms with Gasteiger partial charge < -0.3 is 5.32 Å². The molecular formula is C21H21N5OS. The van der Waals surface area contributed by atoms with Crippen molar-refractivity contribution in [2.24, 2.45) is 0 Å². The summed E-state index contributed by atoms with van der Waals surface area (Å²) in [6.07, 6.45) is 3.45. The quantitative estimate of drug-likeness (QED) is 0.538. The Morgan fingerprint density at radius 3 is 2.71 bits per heavy atom. The lowest BCUT2D eigenvalue weighted by atomic mass is 10.1. The normalized spacial score (nSPS) is 12.4. The number of thiophene rings is 1. The van der Waals surface area contributed by atoms with Crippen molar-refractivity contribution >= 4 is 28.3 Å². The predicted molar refractivity (Wildman–Crippen MR) is 111 cm³/mol. The minimum Gasteiger partial charge on any atom is -0.344 e. The number of carbonyl (C=O) groups is 1.